The molecule has 3 rings (SSSR count). The summed E-state index contributed by atoms with van der Waals surface area (Å²) in [5.74, 6) is 2.15. The van der Waals surface area contributed by atoms with Gasteiger partial charge in [0.15, 0.2) is 0 Å². The number of rotatable bonds is 7. The minimum atomic E-state index is 0.566. The van der Waals surface area contributed by atoms with Gasteiger partial charge in [-0.15, -0.1) is 0 Å². The van der Waals surface area contributed by atoms with Crippen molar-refractivity contribution in [1.82, 2.24) is 15.0 Å². The lowest BCUT2D eigenvalue weighted by Gasteiger charge is -2.17. The quantitative estimate of drug-likeness (QED) is 0.590. The lowest BCUT2D eigenvalue weighted by atomic mass is 10.1. The van der Waals surface area contributed by atoms with Crippen molar-refractivity contribution in [3.63, 3.8) is 0 Å². The van der Waals surface area contributed by atoms with Gasteiger partial charge in [-0.05, 0) is 49.7 Å². The summed E-state index contributed by atoms with van der Waals surface area (Å²) < 4.78 is 10.8. The smallest absolute Gasteiger partial charge is 0.228 e. The fraction of sp³-hybridized carbons (Fsp3) is 0.333. The van der Waals surface area contributed by atoms with Crippen LogP contribution in [0.25, 0.3) is 11.4 Å². The Morgan fingerprint density at radius 1 is 1.15 bits per heavy atom. The fourth-order valence-electron chi connectivity index (χ4n) is 3.23. The standard InChI is InChI=1S/C21H24ClN3O2/c1-14-10-16(11-15(2)20(14)26-4)13-25(3)9-8-19-23-21(24-27-19)17-6-5-7-18(22)12-17/h5-7,10-12H,8-9,13H2,1-4H3. The van der Waals surface area contributed by atoms with Gasteiger partial charge in [-0.25, -0.2) is 0 Å². The van der Waals surface area contributed by atoms with Gasteiger partial charge in [-0.2, -0.15) is 4.98 Å². The minimum absolute atomic E-state index is 0.566. The fourth-order valence-corrected chi connectivity index (χ4v) is 3.42. The van der Waals surface area contributed by atoms with Crippen molar-refractivity contribution in [3.05, 3.63) is 64.0 Å². The van der Waals surface area contributed by atoms with Gasteiger partial charge in [0.1, 0.15) is 5.75 Å². The highest BCUT2D eigenvalue weighted by Gasteiger charge is 2.11. The van der Waals surface area contributed by atoms with Crippen LogP contribution < -0.4 is 4.74 Å². The molecule has 2 aromatic carbocycles. The van der Waals surface area contributed by atoms with Crippen molar-refractivity contribution in [2.45, 2.75) is 26.8 Å². The molecule has 0 unspecified atom stereocenters. The number of aryl methyl sites for hydroxylation is 2. The molecule has 5 nitrogen and oxygen atoms in total. The molecule has 3 aromatic rings. The van der Waals surface area contributed by atoms with Crippen LogP contribution in [0, 0.1) is 13.8 Å². The van der Waals surface area contributed by atoms with Gasteiger partial charge in [0, 0.05) is 30.1 Å². The summed E-state index contributed by atoms with van der Waals surface area (Å²) in [5, 5.41) is 4.71. The number of ether oxygens (including phenoxy) is 1. The highest BCUT2D eigenvalue weighted by atomic mass is 35.5. The summed E-state index contributed by atoms with van der Waals surface area (Å²) in [6, 6.07) is 11.8. The van der Waals surface area contributed by atoms with Crippen LogP contribution in [0.4, 0.5) is 0 Å². The summed E-state index contributed by atoms with van der Waals surface area (Å²) in [4.78, 5) is 6.71. The Bertz CT molecular complexity index is 900. The van der Waals surface area contributed by atoms with E-state index in [0.29, 0.717) is 23.2 Å². The van der Waals surface area contributed by atoms with Gasteiger partial charge in [-0.3, -0.25) is 0 Å². The molecule has 0 fully saturated rings. The van der Waals surface area contributed by atoms with Gasteiger partial charge < -0.3 is 14.2 Å². The number of benzene rings is 2. The zero-order valence-electron chi connectivity index (χ0n) is 16.1. The molecule has 0 spiro atoms. The van der Waals surface area contributed by atoms with E-state index in [1.165, 1.54) is 5.56 Å². The molecular weight excluding hydrogens is 362 g/mol. The number of hydrogen-bond acceptors (Lipinski definition) is 5. The first kappa shape index (κ1) is 19.4. The Morgan fingerprint density at radius 3 is 2.56 bits per heavy atom. The Morgan fingerprint density at radius 2 is 1.89 bits per heavy atom. The zero-order chi connectivity index (χ0) is 19.4. The molecule has 0 N–H and O–H groups in total. The highest BCUT2D eigenvalue weighted by molar-refractivity contribution is 6.30. The number of aromatic nitrogens is 2. The summed E-state index contributed by atoms with van der Waals surface area (Å²) in [6.45, 7) is 5.82. The van der Waals surface area contributed by atoms with Crippen molar-refractivity contribution >= 4 is 11.6 Å². The summed E-state index contributed by atoms with van der Waals surface area (Å²) in [6.07, 6.45) is 0.693. The van der Waals surface area contributed by atoms with Crippen LogP contribution in [0.1, 0.15) is 22.6 Å². The largest absolute Gasteiger partial charge is 0.496 e. The molecule has 1 heterocycles. The van der Waals surface area contributed by atoms with Crippen molar-refractivity contribution in [2.75, 3.05) is 20.7 Å². The first-order valence-electron chi connectivity index (χ1n) is 8.87. The monoisotopic (exact) mass is 385 g/mol. The molecule has 0 aliphatic rings. The van der Waals surface area contributed by atoms with E-state index in [9.17, 15) is 0 Å². The van der Waals surface area contributed by atoms with Gasteiger partial charge in [0.25, 0.3) is 0 Å². The summed E-state index contributed by atoms with van der Waals surface area (Å²) in [5.41, 5.74) is 4.43. The maximum Gasteiger partial charge on any atom is 0.228 e. The maximum atomic E-state index is 6.02. The van der Waals surface area contributed by atoms with E-state index in [1.54, 1.807) is 7.11 Å². The first-order valence-corrected chi connectivity index (χ1v) is 9.25. The van der Waals surface area contributed by atoms with E-state index in [4.69, 9.17) is 20.9 Å². The molecule has 0 saturated carbocycles. The number of halogens is 1. The number of nitrogens with zero attached hydrogens (tertiary/aromatic N) is 3. The second kappa shape index (κ2) is 8.55. The van der Waals surface area contributed by atoms with Crippen molar-refractivity contribution in [1.29, 1.82) is 0 Å². The normalized spacial score (nSPS) is 11.2. The maximum absolute atomic E-state index is 6.02. The molecule has 0 saturated heterocycles. The van der Waals surface area contributed by atoms with Crippen LogP contribution in [-0.4, -0.2) is 35.7 Å². The van der Waals surface area contributed by atoms with Crippen LogP contribution in [-0.2, 0) is 13.0 Å². The second-order valence-corrected chi connectivity index (χ2v) is 7.21. The van der Waals surface area contributed by atoms with E-state index < -0.39 is 0 Å². The van der Waals surface area contributed by atoms with E-state index in [0.717, 1.165) is 35.5 Å². The van der Waals surface area contributed by atoms with Crippen molar-refractivity contribution < 1.29 is 9.26 Å². The average molecular weight is 386 g/mol. The summed E-state index contributed by atoms with van der Waals surface area (Å²) >= 11 is 6.02. The van der Waals surface area contributed by atoms with Gasteiger partial charge in [0.2, 0.25) is 11.7 Å². The molecule has 142 valence electrons. The third kappa shape index (κ3) is 4.87. The van der Waals surface area contributed by atoms with Crippen molar-refractivity contribution in [2.24, 2.45) is 0 Å². The highest BCUT2D eigenvalue weighted by Crippen LogP contribution is 2.25. The molecule has 0 bridgehead atoms. The lowest BCUT2D eigenvalue weighted by Crippen LogP contribution is -2.21. The Balaban J connectivity index is 1.59. The van der Waals surface area contributed by atoms with Crippen LogP contribution in [0.5, 0.6) is 5.75 Å². The molecule has 0 aliphatic heterocycles. The number of hydrogen-bond donors (Lipinski definition) is 0. The van der Waals surface area contributed by atoms with Gasteiger partial charge in [0.05, 0.1) is 7.11 Å². The average Bonchev–Trinajstić information content (AvgIpc) is 3.09. The van der Waals surface area contributed by atoms with Gasteiger partial charge in [-0.1, -0.05) is 41.0 Å². The number of methoxy groups -OCH3 is 1. The molecule has 0 aliphatic carbocycles. The predicted octanol–water partition coefficient (Wildman–Crippen LogP) is 4.69. The van der Waals surface area contributed by atoms with Crippen LogP contribution in [0.2, 0.25) is 5.02 Å². The van der Waals surface area contributed by atoms with E-state index in [1.807, 2.05) is 24.3 Å². The van der Waals surface area contributed by atoms with Crippen LogP contribution in [0.15, 0.2) is 40.9 Å². The Hall–Kier alpha value is -2.37. The molecule has 0 atom stereocenters. The molecule has 0 radical (unpaired) electrons. The van der Waals surface area contributed by atoms with Crippen LogP contribution >= 0.6 is 11.6 Å². The topological polar surface area (TPSA) is 51.4 Å². The molecule has 1 aromatic heterocycles. The second-order valence-electron chi connectivity index (χ2n) is 6.77. The lowest BCUT2D eigenvalue weighted by molar-refractivity contribution is 0.303. The minimum Gasteiger partial charge on any atom is -0.496 e. The van der Waals surface area contributed by atoms with E-state index in [2.05, 4.69) is 48.1 Å². The SMILES string of the molecule is COc1c(C)cc(CN(C)CCc2nc(-c3cccc(Cl)c3)no2)cc1C. The molecule has 27 heavy (non-hydrogen) atoms. The predicted molar refractivity (Wildman–Crippen MR) is 107 cm³/mol. The molecule has 6 heteroatoms. The molecule has 0 amide bonds. The van der Waals surface area contributed by atoms with Crippen LogP contribution in [0.3, 0.4) is 0 Å². The Labute approximate surface area is 164 Å². The van der Waals surface area contributed by atoms with E-state index >= 15 is 0 Å². The molecular formula is C21H24ClN3O2. The number of likely N-dealkylation sites (N-methyl/N-ethyl adjacent to an activating group) is 1. The Kier molecular flexibility index (Phi) is 6.14. The zero-order valence-corrected chi connectivity index (χ0v) is 16.9. The third-order valence-electron chi connectivity index (χ3n) is 4.44. The summed E-state index contributed by atoms with van der Waals surface area (Å²) in [7, 11) is 3.80. The third-order valence-corrected chi connectivity index (χ3v) is 4.67. The van der Waals surface area contributed by atoms with E-state index in [-0.39, 0.29) is 0 Å². The van der Waals surface area contributed by atoms with Gasteiger partial charge >= 0.3 is 0 Å². The first-order chi connectivity index (χ1) is 13.0. The van der Waals surface area contributed by atoms with Crippen molar-refractivity contribution in [3.8, 4) is 17.1 Å².